The quantitative estimate of drug-likeness (QED) is 0.344. The minimum absolute atomic E-state index is 0.203. The number of carbonyl (C=O) groups is 1. The SMILES string of the molecule is C=[C]C(=O)OCBr. The summed E-state index contributed by atoms with van der Waals surface area (Å²) in [6.07, 6.45) is 2.02. The zero-order valence-electron chi connectivity index (χ0n) is 3.61. The number of carbonyl (C=O) groups excluding carboxylic acids is 1. The summed E-state index contributed by atoms with van der Waals surface area (Å²) in [6, 6.07) is 0. The van der Waals surface area contributed by atoms with E-state index in [1.807, 2.05) is 6.08 Å². The Balaban J connectivity index is 3.17. The molecule has 0 atom stereocenters. The summed E-state index contributed by atoms with van der Waals surface area (Å²) in [5, 5.41) is 0. The van der Waals surface area contributed by atoms with E-state index in [0.717, 1.165) is 0 Å². The van der Waals surface area contributed by atoms with E-state index in [1.165, 1.54) is 0 Å². The van der Waals surface area contributed by atoms with E-state index in [9.17, 15) is 4.79 Å². The second-order valence-electron chi connectivity index (χ2n) is 0.718. The topological polar surface area (TPSA) is 26.3 Å². The predicted molar refractivity (Wildman–Crippen MR) is 28.8 cm³/mol. The van der Waals surface area contributed by atoms with E-state index < -0.39 is 5.97 Å². The van der Waals surface area contributed by atoms with Crippen LogP contribution in [0.4, 0.5) is 0 Å². The lowest BCUT2D eigenvalue weighted by molar-refractivity contribution is -0.136. The maximum Gasteiger partial charge on any atom is 0.339 e. The molecule has 0 amide bonds. The lowest BCUT2D eigenvalue weighted by Gasteiger charge is -1.88. The van der Waals surface area contributed by atoms with Crippen molar-refractivity contribution in [3.8, 4) is 0 Å². The molecule has 1 radical (unpaired) electrons. The van der Waals surface area contributed by atoms with Gasteiger partial charge < -0.3 is 4.74 Å². The molecule has 0 spiro atoms. The molecular formula is C4H4BrO2. The van der Waals surface area contributed by atoms with Gasteiger partial charge in [0.1, 0.15) is 5.52 Å². The van der Waals surface area contributed by atoms with Gasteiger partial charge in [0.25, 0.3) is 0 Å². The molecule has 0 saturated carbocycles. The molecular weight excluding hydrogens is 160 g/mol. The summed E-state index contributed by atoms with van der Waals surface area (Å²) in [4.78, 5) is 9.99. The van der Waals surface area contributed by atoms with Crippen LogP contribution < -0.4 is 0 Å². The van der Waals surface area contributed by atoms with E-state index in [-0.39, 0.29) is 5.52 Å². The van der Waals surface area contributed by atoms with E-state index in [2.05, 4.69) is 27.2 Å². The van der Waals surface area contributed by atoms with Crippen LogP contribution in [-0.4, -0.2) is 11.5 Å². The van der Waals surface area contributed by atoms with Crippen molar-refractivity contribution in [3.63, 3.8) is 0 Å². The molecule has 0 unspecified atom stereocenters. The first kappa shape index (κ1) is 6.69. The summed E-state index contributed by atoms with van der Waals surface area (Å²) >= 11 is 2.88. The van der Waals surface area contributed by atoms with Crippen molar-refractivity contribution >= 4 is 21.9 Å². The van der Waals surface area contributed by atoms with Crippen LogP contribution in [0.25, 0.3) is 0 Å². The molecule has 0 aromatic carbocycles. The molecule has 0 aliphatic carbocycles. The number of ether oxygens (including phenoxy) is 1. The largest absolute Gasteiger partial charge is 0.450 e. The fourth-order valence-electron chi connectivity index (χ4n) is 0.101. The van der Waals surface area contributed by atoms with Crippen molar-refractivity contribution in [1.82, 2.24) is 0 Å². The maximum atomic E-state index is 9.99. The molecule has 0 heterocycles. The molecule has 39 valence electrons. The average Bonchev–Trinajstić information content (AvgIpc) is 1.68. The smallest absolute Gasteiger partial charge is 0.339 e. The van der Waals surface area contributed by atoms with Crippen LogP contribution in [0.1, 0.15) is 0 Å². The highest BCUT2D eigenvalue weighted by atomic mass is 79.9. The van der Waals surface area contributed by atoms with Gasteiger partial charge in [0.05, 0.1) is 6.08 Å². The third-order valence-electron chi connectivity index (χ3n) is 0.330. The monoisotopic (exact) mass is 163 g/mol. The van der Waals surface area contributed by atoms with E-state index in [0.29, 0.717) is 0 Å². The Morgan fingerprint density at radius 1 is 2.00 bits per heavy atom. The van der Waals surface area contributed by atoms with Gasteiger partial charge in [0.15, 0.2) is 0 Å². The van der Waals surface area contributed by atoms with E-state index in [4.69, 9.17) is 0 Å². The van der Waals surface area contributed by atoms with Crippen molar-refractivity contribution < 1.29 is 9.53 Å². The van der Waals surface area contributed by atoms with Gasteiger partial charge in [0, 0.05) is 0 Å². The molecule has 0 fully saturated rings. The minimum atomic E-state index is -0.531. The van der Waals surface area contributed by atoms with Crippen LogP contribution in [0.3, 0.4) is 0 Å². The van der Waals surface area contributed by atoms with Gasteiger partial charge in [-0.25, -0.2) is 4.79 Å². The molecule has 0 aromatic rings. The predicted octanol–water partition coefficient (Wildman–Crippen LogP) is 0.871. The van der Waals surface area contributed by atoms with E-state index in [1.54, 1.807) is 0 Å². The van der Waals surface area contributed by atoms with Gasteiger partial charge in [-0.15, -0.1) is 0 Å². The number of rotatable bonds is 2. The summed E-state index contributed by atoms with van der Waals surface area (Å²) in [5.74, 6) is -0.531. The summed E-state index contributed by atoms with van der Waals surface area (Å²) in [6.45, 7) is 3.06. The van der Waals surface area contributed by atoms with Crippen molar-refractivity contribution in [2.45, 2.75) is 0 Å². The molecule has 0 saturated heterocycles. The Bertz CT molecular complexity index is 79.8. The highest BCUT2D eigenvalue weighted by molar-refractivity contribution is 9.09. The summed E-state index contributed by atoms with van der Waals surface area (Å²) in [7, 11) is 0. The zero-order valence-corrected chi connectivity index (χ0v) is 5.19. The van der Waals surface area contributed by atoms with Crippen molar-refractivity contribution in [2.75, 3.05) is 5.52 Å². The van der Waals surface area contributed by atoms with Gasteiger partial charge in [-0.3, -0.25) is 0 Å². The third kappa shape index (κ3) is 3.52. The van der Waals surface area contributed by atoms with Crippen molar-refractivity contribution in [3.05, 3.63) is 12.7 Å². The second kappa shape index (κ2) is 3.87. The van der Waals surface area contributed by atoms with E-state index >= 15 is 0 Å². The van der Waals surface area contributed by atoms with Crippen LogP contribution in [0.15, 0.2) is 6.58 Å². The molecule has 0 aliphatic rings. The maximum absolute atomic E-state index is 9.99. The van der Waals surface area contributed by atoms with Crippen LogP contribution in [0.2, 0.25) is 0 Å². The Hall–Kier alpha value is -0.310. The lowest BCUT2D eigenvalue weighted by Crippen LogP contribution is -1.96. The van der Waals surface area contributed by atoms with Crippen LogP contribution in [-0.2, 0) is 9.53 Å². The van der Waals surface area contributed by atoms with Crippen molar-refractivity contribution in [2.24, 2.45) is 0 Å². The first-order valence-electron chi connectivity index (χ1n) is 1.57. The Labute approximate surface area is 50.3 Å². The lowest BCUT2D eigenvalue weighted by atomic mass is 10.7. The molecule has 0 rings (SSSR count). The number of hydrogen-bond donors (Lipinski definition) is 0. The Morgan fingerprint density at radius 3 is 2.71 bits per heavy atom. The average molecular weight is 164 g/mol. The first-order valence-corrected chi connectivity index (χ1v) is 2.69. The molecule has 7 heavy (non-hydrogen) atoms. The highest BCUT2D eigenvalue weighted by Crippen LogP contribution is 1.82. The zero-order chi connectivity index (χ0) is 5.70. The summed E-state index contributed by atoms with van der Waals surface area (Å²) in [5.41, 5.74) is 0.203. The number of esters is 1. The fourth-order valence-corrected chi connectivity index (χ4v) is 0.308. The van der Waals surface area contributed by atoms with Crippen molar-refractivity contribution in [1.29, 1.82) is 0 Å². The highest BCUT2D eigenvalue weighted by Gasteiger charge is 1.88. The molecule has 0 N–H and O–H groups in total. The normalized spacial score (nSPS) is 7.57. The van der Waals surface area contributed by atoms with Crippen LogP contribution >= 0.6 is 15.9 Å². The first-order chi connectivity index (χ1) is 3.31. The summed E-state index contributed by atoms with van der Waals surface area (Å²) < 4.78 is 4.30. The molecule has 0 bridgehead atoms. The molecule has 3 heteroatoms. The number of hydrogen-bond acceptors (Lipinski definition) is 2. The van der Waals surface area contributed by atoms with Gasteiger partial charge in [0.2, 0.25) is 0 Å². The van der Waals surface area contributed by atoms with Crippen LogP contribution in [0.5, 0.6) is 0 Å². The fraction of sp³-hybridized carbons (Fsp3) is 0.250. The van der Waals surface area contributed by atoms with Gasteiger partial charge in [-0.1, -0.05) is 6.58 Å². The molecule has 0 aliphatic heterocycles. The Kier molecular flexibility index (Phi) is 3.69. The van der Waals surface area contributed by atoms with Gasteiger partial charge in [-0.05, 0) is 15.9 Å². The third-order valence-corrected chi connectivity index (χ3v) is 0.559. The standard InChI is InChI=1S/C4H4BrO2/c1-2-4(6)7-3-5/h1,3H2. The second-order valence-corrected chi connectivity index (χ2v) is 1.18. The Morgan fingerprint density at radius 2 is 2.57 bits per heavy atom. The molecule has 2 nitrogen and oxygen atoms in total. The van der Waals surface area contributed by atoms with Crippen LogP contribution in [0, 0.1) is 6.08 Å². The van der Waals surface area contributed by atoms with Gasteiger partial charge >= 0.3 is 5.97 Å². The number of alkyl halides is 1. The number of halogens is 1. The van der Waals surface area contributed by atoms with Gasteiger partial charge in [-0.2, -0.15) is 0 Å². The minimum Gasteiger partial charge on any atom is -0.450 e. The molecule has 0 aromatic heterocycles.